The van der Waals surface area contributed by atoms with Crippen molar-refractivity contribution in [3.8, 4) is 10.7 Å². The summed E-state index contributed by atoms with van der Waals surface area (Å²) in [5, 5.41) is 3.67. The normalized spacial score (nSPS) is 11.3. The molecule has 0 unspecified atom stereocenters. The standard InChI is InChI=1S/C17H11ClN2S/c1-10-6-9-14(21-10)17-19-15-12-5-3-2-4-11(12)7-8-13(15)16(18)20-17/h2-9H,1H3. The highest BCUT2D eigenvalue weighted by Crippen LogP contribution is 2.32. The minimum atomic E-state index is 0.506. The molecule has 2 aromatic heterocycles. The molecule has 0 aliphatic heterocycles. The summed E-state index contributed by atoms with van der Waals surface area (Å²) in [6.07, 6.45) is 0. The van der Waals surface area contributed by atoms with Crippen LogP contribution in [0.3, 0.4) is 0 Å². The molecule has 4 heteroatoms. The van der Waals surface area contributed by atoms with Crippen molar-refractivity contribution >= 4 is 44.6 Å². The van der Waals surface area contributed by atoms with Crippen LogP contribution in [0, 0.1) is 6.92 Å². The smallest absolute Gasteiger partial charge is 0.171 e. The molecule has 102 valence electrons. The molecule has 2 nitrogen and oxygen atoms in total. The van der Waals surface area contributed by atoms with Crippen LogP contribution < -0.4 is 0 Å². The summed E-state index contributed by atoms with van der Waals surface area (Å²) < 4.78 is 0. The average molecular weight is 311 g/mol. The fourth-order valence-corrected chi connectivity index (χ4v) is 3.53. The van der Waals surface area contributed by atoms with E-state index >= 15 is 0 Å². The quantitative estimate of drug-likeness (QED) is 0.344. The Labute approximate surface area is 131 Å². The van der Waals surface area contributed by atoms with Crippen LogP contribution in [-0.4, -0.2) is 9.97 Å². The van der Waals surface area contributed by atoms with Gasteiger partial charge in [-0.3, -0.25) is 0 Å². The monoisotopic (exact) mass is 310 g/mol. The highest BCUT2D eigenvalue weighted by atomic mass is 35.5. The Morgan fingerprint density at radius 2 is 1.76 bits per heavy atom. The molecular weight excluding hydrogens is 300 g/mol. The van der Waals surface area contributed by atoms with E-state index in [2.05, 4.69) is 36.2 Å². The Bertz CT molecular complexity index is 975. The molecule has 0 spiro atoms. The van der Waals surface area contributed by atoms with Crippen LogP contribution in [0.1, 0.15) is 4.88 Å². The molecule has 2 aromatic carbocycles. The summed E-state index contributed by atoms with van der Waals surface area (Å²) in [4.78, 5) is 11.5. The minimum Gasteiger partial charge on any atom is -0.226 e. The molecular formula is C17H11ClN2S. The molecule has 0 fully saturated rings. The maximum atomic E-state index is 6.37. The number of aromatic nitrogens is 2. The maximum absolute atomic E-state index is 6.37. The summed E-state index contributed by atoms with van der Waals surface area (Å²) in [5.41, 5.74) is 0.911. The highest BCUT2D eigenvalue weighted by Gasteiger charge is 2.11. The second-order valence-corrected chi connectivity index (χ2v) is 6.58. The molecule has 4 aromatic rings. The van der Waals surface area contributed by atoms with Crippen molar-refractivity contribution in [1.29, 1.82) is 0 Å². The minimum absolute atomic E-state index is 0.506. The SMILES string of the molecule is Cc1ccc(-c2nc(Cl)c3ccc4ccccc4c3n2)s1. The van der Waals surface area contributed by atoms with Crippen molar-refractivity contribution in [3.63, 3.8) is 0 Å². The van der Waals surface area contributed by atoms with Gasteiger partial charge in [0.2, 0.25) is 0 Å². The van der Waals surface area contributed by atoms with Crippen LogP contribution in [0.2, 0.25) is 5.15 Å². The first kappa shape index (κ1) is 12.7. The Balaban J connectivity index is 2.09. The third-order valence-electron chi connectivity index (χ3n) is 3.51. The largest absolute Gasteiger partial charge is 0.226 e. The van der Waals surface area contributed by atoms with E-state index in [0.717, 1.165) is 26.6 Å². The number of aryl methyl sites for hydroxylation is 1. The third kappa shape index (κ3) is 2.09. The van der Waals surface area contributed by atoms with Gasteiger partial charge in [-0.2, -0.15) is 0 Å². The third-order valence-corrected chi connectivity index (χ3v) is 4.79. The lowest BCUT2D eigenvalue weighted by molar-refractivity contribution is 1.24. The molecule has 0 aliphatic carbocycles. The van der Waals surface area contributed by atoms with Crippen molar-refractivity contribution in [3.05, 3.63) is 58.6 Å². The van der Waals surface area contributed by atoms with Crippen LogP contribution in [0.25, 0.3) is 32.4 Å². The Kier molecular flexibility index (Phi) is 2.91. The van der Waals surface area contributed by atoms with Gasteiger partial charge in [-0.1, -0.05) is 41.9 Å². The molecule has 0 amide bonds. The van der Waals surface area contributed by atoms with Gasteiger partial charge in [-0.05, 0) is 30.5 Å². The first-order valence-electron chi connectivity index (χ1n) is 6.64. The second kappa shape index (κ2) is 4.79. The molecule has 0 radical (unpaired) electrons. The van der Waals surface area contributed by atoms with E-state index in [1.165, 1.54) is 4.88 Å². The van der Waals surface area contributed by atoms with Gasteiger partial charge in [-0.15, -0.1) is 11.3 Å². The molecule has 0 N–H and O–H groups in total. The van der Waals surface area contributed by atoms with E-state index in [1.54, 1.807) is 11.3 Å². The number of fused-ring (bicyclic) bond motifs is 3. The molecule has 0 saturated heterocycles. The summed E-state index contributed by atoms with van der Waals surface area (Å²) in [5.74, 6) is 0.696. The molecule has 4 rings (SSSR count). The van der Waals surface area contributed by atoms with Crippen LogP contribution in [0.5, 0.6) is 0 Å². The Hall–Kier alpha value is -1.97. The maximum Gasteiger partial charge on any atom is 0.171 e. The number of rotatable bonds is 1. The number of nitrogens with zero attached hydrogens (tertiary/aromatic N) is 2. The number of hydrogen-bond donors (Lipinski definition) is 0. The number of halogens is 1. The van der Waals surface area contributed by atoms with E-state index in [-0.39, 0.29) is 0 Å². The van der Waals surface area contributed by atoms with E-state index in [9.17, 15) is 0 Å². The highest BCUT2D eigenvalue weighted by molar-refractivity contribution is 7.15. The number of thiophene rings is 1. The van der Waals surface area contributed by atoms with Crippen molar-refractivity contribution in [1.82, 2.24) is 9.97 Å². The summed E-state index contributed by atoms with van der Waals surface area (Å²) >= 11 is 8.05. The molecule has 0 atom stereocenters. The van der Waals surface area contributed by atoms with E-state index in [0.29, 0.717) is 11.0 Å². The first-order chi connectivity index (χ1) is 10.2. The molecule has 0 bridgehead atoms. The summed E-state index contributed by atoms with van der Waals surface area (Å²) in [6.45, 7) is 2.08. The van der Waals surface area contributed by atoms with Crippen LogP contribution >= 0.6 is 22.9 Å². The van der Waals surface area contributed by atoms with Crippen molar-refractivity contribution in [2.24, 2.45) is 0 Å². The predicted molar refractivity (Wildman–Crippen MR) is 90.1 cm³/mol. The van der Waals surface area contributed by atoms with Gasteiger partial charge in [0.05, 0.1) is 10.4 Å². The van der Waals surface area contributed by atoms with Gasteiger partial charge in [-0.25, -0.2) is 9.97 Å². The molecule has 0 aliphatic rings. The van der Waals surface area contributed by atoms with Gasteiger partial charge >= 0.3 is 0 Å². The van der Waals surface area contributed by atoms with E-state index in [4.69, 9.17) is 16.6 Å². The fourth-order valence-electron chi connectivity index (χ4n) is 2.49. The lowest BCUT2D eigenvalue weighted by Crippen LogP contribution is -1.91. The number of benzene rings is 2. The molecule has 2 heterocycles. The zero-order valence-electron chi connectivity index (χ0n) is 11.3. The zero-order valence-corrected chi connectivity index (χ0v) is 12.9. The molecule has 21 heavy (non-hydrogen) atoms. The van der Waals surface area contributed by atoms with Crippen molar-refractivity contribution < 1.29 is 0 Å². The van der Waals surface area contributed by atoms with Gasteiger partial charge < -0.3 is 0 Å². The fraction of sp³-hybridized carbons (Fsp3) is 0.0588. The first-order valence-corrected chi connectivity index (χ1v) is 7.83. The van der Waals surface area contributed by atoms with Crippen LogP contribution in [-0.2, 0) is 0 Å². The second-order valence-electron chi connectivity index (χ2n) is 4.93. The van der Waals surface area contributed by atoms with E-state index < -0.39 is 0 Å². The lowest BCUT2D eigenvalue weighted by atomic mass is 10.1. The predicted octanol–water partition coefficient (Wildman–Crippen LogP) is 5.47. The average Bonchev–Trinajstić information content (AvgIpc) is 2.93. The van der Waals surface area contributed by atoms with Crippen molar-refractivity contribution in [2.75, 3.05) is 0 Å². The van der Waals surface area contributed by atoms with Gasteiger partial charge in [0.15, 0.2) is 5.82 Å². The van der Waals surface area contributed by atoms with Crippen LogP contribution in [0.15, 0.2) is 48.5 Å². The molecule has 0 saturated carbocycles. The van der Waals surface area contributed by atoms with Gasteiger partial charge in [0.25, 0.3) is 0 Å². The summed E-state index contributed by atoms with van der Waals surface area (Å²) in [7, 11) is 0. The Morgan fingerprint density at radius 3 is 2.57 bits per heavy atom. The van der Waals surface area contributed by atoms with E-state index in [1.807, 2.05) is 24.3 Å². The van der Waals surface area contributed by atoms with Gasteiger partial charge in [0, 0.05) is 15.6 Å². The van der Waals surface area contributed by atoms with Crippen molar-refractivity contribution in [2.45, 2.75) is 6.92 Å². The van der Waals surface area contributed by atoms with Crippen LogP contribution in [0.4, 0.5) is 0 Å². The summed E-state index contributed by atoms with van der Waals surface area (Å²) in [6, 6.07) is 16.4. The lowest BCUT2D eigenvalue weighted by Gasteiger charge is -2.06. The number of hydrogen-bond acceptors (Lipinski definition) is 3. The topological polar surface area (TPSA) is 25.8 Å². The van der Waals surface area contributed by atoms with Gasteiger partial charge in [0.1, 0.15) is 5.15 Å². The zero-order chi connectivity index (χ0) is 14.4. The Morgan fingerprint density at radius 1 is 0.905 bits per heavy atom.